The van der Waals surface area contributed by atoms with E-state index in [9.17, 15) is 4.39 Å². The second-order valence-corrected chi connectivity index (χ2v) is 6.67. The van der Waals surface area contributed by atoms with Gasteiger partial charge in [-0.05, 0) is 81.3 Å². The first-order valence-electron chi connectivity index (χ1n) is 5.64. The Morgan fingerprint density at radius 2 is 2.00 bits per heavy atom. The van der Waals surface area contributed by atoms with E-state index in [-0.39, 0.29) is 11.9 Å². The third-order valence-electron chi connectivity index (χ3n) is 2.75. The SMILES string of the molecule is CC(Nc1ccc(I)cc1Cl)c1ccc(F)c(Br)c1. The van der Waals surface area contributed by atoms with E-state index in [1.54, 1.807) is 12.1 Å². The van der Waals surface area contributed by atoms with Crippen LogP contribution < -0.4 is 5.32 Å². The second-order valence-electron chi connectivity index (χ2n) is 4.16. The third kappa shape index (κ3) is 3.83. The largest absolute Gasteiger partial charge is 0.377 e. The fourth-order valence-electron chi connectivity index (χ4n) is 1.70. The molecule has 1 N–H and O–H groups in total. The van der Waals surface area contributed by atoms with Crippen molar-refractivity contribution in [3.63, 3.8) is 0 Å². The van der Waals surface area contributed by atoms with Gasteiger partial charge in [0, 0.05) is 9.61 Å². The van der Waals surface area contributed by atoms with Crippen molar-refractivity contribution in [3.05, 3.63) is 60.8 Å². The quantitative estimate of drug-likeness (QED) is 0.560. The smallest absolute Gasteiger partial charge is 0.137 e. The molecule has 0 aromatic heterocycles. The first kappa shape index (κ1) is 15.1. The minimum absolute atomic E-state index is 0.0365. The Morgan fingerprint density at radius 1 is 1.26 bits per heavy atom. The predicted octanol–water partition coefficient (Wildman–Crippen LogP) is 6.02. The van der Waals surface area contributed by atoms with Crippen LogP contribution in [0.1, 0.15) is 18.5 Å². The van der Waals surface area contributed by atoms with Gasteiger partial charge in [-0.25, -0.2) is 4.39 Å². The van der Waals surface area contributed by atoms with Crippen LogP contribution in [0.5, 0.6) is 0 Å². The van der Waals surface area contributed by atoms with Crippen molar-refractivity contribution in [2.45, 2.75) is 13.0 Å². The molecule has 0 heterocycles. The van der Waals surface area contributed by atoms with Crippen molar-refractivity contribution in [1.82, 2.24) is 0 Å². The molecule has 100 valence electrons. The van der Waals surface area contributed by atoms with Crippen LogP contribution in [0.25, 0.3) is 0 Å². The minimum Gasteiger partial charge on any atom is -0.377 e. The van der Waals surface area contributed by atoms with Gasteiger partial charge >= 0.3 is 0 Å². The Labute approximate surface area is 138 Å². The van der Waals surface area contributed by atoms with E-state index in [4.69, 9.17) is 11.6 Å². The molecule has 2 aromatic rings. The second kappa shape index (κ2) is 6.41. The molecule has 0 bridgehead atoms. The predicted molar refractivity (Wildman–Crippen MR) is 90.3 cm³/mol. The molecule has 0 radical (unpaired) electrons. The lowest BCUT2D eigenvalue weighted by Crippen LogP contribution is -2.07. The van der Waals surface area contributed by atoms with Gasteiger partial charge in [-0.2, -0.15) is 0 Å². The monoisotopic (exact) mass is 453 g/mol. The molecule has 0 amide bonds. The maximum absolute atomic E-state index is 13.2. The molecule has 0 saturated carbocycles. The van der Waals surface area contributed by atoms with Gasteiger partial charge in [-0.3, -0.25) is 0 Å². The number of rotatable bonds is 3. The van der Waals surface area contributed by atoms with E-state index >= 15 is 0 Å². The van der Waals surface area contributed by atoms with Crippen molar-refractivity contribution >= 4 is 55.8 Å². The normalized spacial score (nSPS) is 12.3. The summed E-state index contributed by atoms with van der Waals surface area (Å²) in [5, 5.41) is 4.00. The number of nitrogens with one attached hydrogen (secondary N) is 1. The van der Waals surface area contributed by atoms with E-state index in [1.807, 2.05) is 25.1 Å². The highest BCUT2D eigenvalue weighted by Crippen LogP contribution is 2.29. The molecule has 19 heavy (non-hydrogen) atoms. The summed E-state index contributed by atoms with van der Waals surface area (Å²) in [7, 11) is 0. The summed E-state index contributed by atoms with van der Waals surface area (Å²) < 4.78 is 14.8. The van der Waals surface area contributed by atoms with Crippen LogP contribution in [0, 0.1) is 9.39 Å². The van der Waals surface area contributed by atoms with Crippen molar-refractivity contribution in [2.24, 2.45) is 0 Å². The molecule has 0 aliphatic rings. The highest BCUT2D eigenvalue weighted by Gasteiger charge is 2.10. The standard InChI is InChI=1S/C14H11BrClFIN/c1-8(9-2-4-13(17)11(15)6-9)19-14-5-3-10(18)7-12(14)16/h2-8,19H,1H3. The summed E-state index contributed by atoms with van der Waals surface area (Å²) in [6.07, 6.45) is 0. The zero-order chi connectivity index (χ0) is 14.0. The van der Waals surface area contributed by atoms with Gasteiger partial charge in [-0.1, -0.05) is 17.7 Å². The molecule has 0 saturated heterocycles. The molecule has 0 aliphatic heterocycles. The van der Waals surface area contributed by atoms with Gasteiger partial charge in [0.1, 0.15) is 5.82 Å². The number of hydrogen-bond donors (Lipinski definition) is 1. The van der Waals surface area contributed by atoms with Crippen LogP contribution >= 0.6 is 50.1 Å². The Balaban J connectivity index is 2.20. The van der Waals surface area contributed by atoms with Gasteiger partial charge in [0.2, 0.25) is 0 Å². The topological polar surface area (TPSA) is 12.0 Å². The molecular weight excluding hydrogens is 443 g/mol. The molecule has 5 heteroatoms. The number of anilines is 1. The van der Waals surface area contributed by atoms with Crippen LogP contribution in [0.2, 0.25) is 5.02 Å². The Bertz CT molecular complexity index is 606. The summed E-state index contributed by atoms with van der Waals surface area (Å²) in [5.41, 5.74) is 1.86. The first-order valence-corrected chi connectivity index (χ1v) is 7.89. The van der Waals surface area contributed by atoms with Crippen molar-refractivity contribution in [1.29, 1.82) is 0 Å². The van der Waals surface area contributed by atoms with Crippen LogP contribution in [0.4, 0.5) is 10.1 Å². The van der Waals surface area contributed by atoms with Crippen molar-refractivity contribution < 1.29 is 4.39 Å². The lowest BCUT2D eigenvalue weighted by molar-refractivity contribution is 0.619. The van der Waals surface area contributed by atoms with Crippen molar-refractivity contribution in [2.75, 3.05) is 5.32 Å². The van der Waals surface area contributed by atoms with Crippen LogP contribution in [-0.4, -0.2) is 0 Å². The fraction of sp³-hybridized carbons (Fsp3) is 0.143. The average molecular weight is 455 g/mol. The Morgan fingerprint density at radius 3 is 2.63 bits per heavy atom. The zero-order valence-corrected chi connectivity index (χ0v) is 14.6. The summed E-state index contributed by atoms with van der Waals surface area (Å²) in [4.78, 5) is 0. The van der Waals surface area contributed by atoms with Gasteiger partial charge < -0.3 is 5.32 Å². The molecule has 0 spiro atoms. The van der Waals surface area contributed by atoms with Gasteiger partial charge in [0.05, 0.1) is 15.2 Å². The van der Waals surface area contributed by atoms with Crippen LogP contribution in [0.3, 0.4) is 0 Å². The summed E-state index contributed by atoms with van der Waals surface area (Å²) in [5.74, 6) is -0.261. The minimum atomic E-state index is -0.261. The Hall–Kier alpha value is -0.330. The van der Waals surface area contributed by atoms with E-state index < -0.39 is 0 Å². The summed E-state index contributed by atoms with van der Waals surface area (Å²) in [6, 6.07) is 10.9. The summed E-state index contributed by atoms with van der Waals surface area (Å²) in [6.45, 7) is 2.01. The molecule has 0 aliphatic carbocycles. The van der Waals surface area contributed by atoms with Crippen LogP contribution in [-0.2, 0) is 0 Å². The average Bonchev–Trinajstić information content (AvgIpc) is 2.36. The number of hydrogen-bond acceptors (Lipinski definition) is 1. The van der Waals surface area contributed by atoms with E-state index in [0.29, 0.717) is 9.50 Å². The van der Waals surface area contributed by atoms with Gasteiger partial charge in [0.15, 0.2) is 0 Å². The Kier molecular flexibility index (Phi) is 5.09. The first-order chi connectivity index (χ1) is 8.97. The molecule has 2 rings (SSSR count). The molecule has 1 unspecified atom stereocenters. The number of benzene rings is 2. The van der Waals surface area contributed by atoms with Crippen molar-refractivity contribution in [3.8, 4) is 0 Å². The third-order valence-corrected chi connectivity index (χ3v) is 4.34. The number of halogens is 4. The van der Waals surface area contributed by atoms with Gasteiger partial charge in [0.25, 0.3) is 0 Å². The fourth-order valence-corrected chi connectivity index (χ4v) is 3.01. The van der Waals surface area contributed by atoms with Gasteiger partial charge in [-0.15, -0.1) is 0 Å². The summed E-state index contributed by atoms with van der Waals surface area (Å²) >= 11 is 11.6. The molecule has 1 atom stereocenters. The highest BCUT2D eigenvalue weighted by molar-refractivity contribution is 14.1. The molecular formula is C14H11BrClFIN. The van der Waals surface area contributed by atoms with Crippen LogP contribution in [0.15, 0.2) is 40.9 Å². The molecule has 1 nitrogen and oxygen atoms in total. The lowest BCUT2D eigenvalue weighted by atomic mass is 10.1. The maximum Gasteiger partial charge on any atom is 0.137 e. The maximum atomic E-state index is 13.2. The highest BCUT2D eigenvalue weighted by atomic mass is 127. The molecule has 0 fully saturated rings. The van der Waals surface area contributed by atoms with E-state index in [0.717, 1.165) is 14.8 Å². The van der Waals surface area contributed by atoms with E-state index in [1.165, 1.54) is 6.07 Å². The van der Waals surface area contributed by atoms with E-state index in [2.05, 4.69) is 43.8 Å². The molecule has 2 aromatic carbocycles. The zero-order valence-electron chi connectivity index (χ0n) is 10.1. The lowest BCUT2D eigenvalue weighted by Gasteiger charge is -2.17.